The van der Waals surface area contributed by atoms with E-state index < -0.39 is 0 Å². The minimum atomic E-state index is -0.0100. The quantitative estimate of drug-likeness (QED) is 0.788. The molecule has 0 saturated carbocycles. The molecule has 0 heterocycles. The zero-order chi connectivity index (χ0) is 13.4. The fourth-order valence-corrected chi connectivity index (χ4v) is 1.94. The Bertz CT molecular complexity index is 346. The van der Waals surface area contributed by atoms with Crippen LogP contribution in [0, 0.1) is 0 Å². The topological polar surface area (TPSA) is 30.5 Å². The Morgan fingerprint density at radius 3 is 2.78 bits per heavy atom. The number of rotatable bonds is 8. The molecule has 3 nitrogen and oxygen atoms in total. The maximum atomic E-state index is 6.01. The van der Waals surface area contributed by atoms with Gasteiger partial charge >= 0.3 is 0 Å². The van der Waals surface area contributed by atoms with Crippen molar-refractivity contribution < 1.29 is 9.47 Å². The molecule has 0 aliphatic carbocycles. The molecule has 1 N–H and O–H groups in total. The molecule has 4 heteroatoms. The van der Waals surface area contributed by atoms with Gasteiger partial charge in [-0.1, -0.05) is 23.7 Å². The van der Waals surface area contributed by atoms with Gasteiger partial charge in [-0.15, -0.1) is 0 Å². The van der Waals surface area contributed by atoms with Gasteiger partial charge in [-0.2, -0.15) is 0 Å². The molecular weight excluding hydrogens is 250 g/mol. The van der Waals surface area contributed by atoms with Crippen molar-refractivity contribution in [2.45, 2.75) is 26.1 Å². The van der Waals surface area contributed by atoms with Crippen molar-refractivity contribution in [3.8, 4) is 0 Å². The highest BCUT2D eigenvalue weighted by Crippen LogP contribution is 2.21. The summed E-state index contributed by atoms with van der Waals surface area (Å²) in [5.41, 5.74) is 1.08. The summed E-state index contributed by atoms with van der Waals surface area (Å²) in [5, 5.41) is 3.87. The molecular formula is C14H22ClNO2. The Morgan fingerprint density at radius 2 is 2.17 bits per heavy atom. The Kier molecular flexibility index (Phi) is 7.28. The van der Waals surface area contributed by atoms with Crippen LogP contribution in [0.3, 0.4) is 0 Å². The minimum Gasteiger partial charge on any atom is -0.379 e. The van der Waals surface area contributed by atoms with Gasteiger partial charge in [-0.05, 0) is 38.6 Å². The highest BCUT2D eigenvalue weighted by Gasteiger charge is 2.15. The van der Waals surface area contributed by atoms with E-state index in [1.807, 2.05) is 45.2 Å². The van der Waals surface area contributed by atoms with Crippen LogP contribution in [0.4, 0.5) is 0 Å². The van der Waals surface area contributed by atoms with Crippen LogP contribution in [-0.2, 0) is 9.47 Å². The summed E-state index contributed by atoms with van der Waals surface area (Å²) in [6, 6.07) is 7.78. The van der Waals surface area contributed by atoms with Crippen molar-refractivity contribution in [3.05, 3.63) is 34.9 Å². The third-order valence-corrected chi connectivity index (χ3v) is 2.80. The Balaban J connectivity index is 2.64. The molecule has 0 radical (unpaired) electrons. The van der Waals surface area contributed by atoms with Gasteiger partial charge in [0.15, 0.2) is 0 Å². The van der Waals surface area contributed by atoms with Gasteiger partial charge in [-0.25, -0.2) is 0 Å². The third kappa shape index (κ3) is 5.36. The van der Waals surface area contributed by atoms with Gasteiger partial charge in [0, 0.05) is 18.2 Å². The van der Waals surface area contributed by atoms with E-state index in [9.17, 15) is 0 Å². The summed E-state index contributed by atoms with van der Waals surface area (Å²) < 4.78 is 11.4. The molecule has 0 amide bonds. The van der Waals surface area contributed by atoms with Crippen molar-refractivity contribution >= 4 is 11.6 Å². The second-order valence-corrected chi connectivity index (χ2v) is 4.64. The molecule has 0 aliphatic heterocycles. The van der Waals surface area contributed by atoms with Crippen molar-refractivity contribution in [2.75, 3.05) is 26.8 Å². The first-order valence-electron chi connectivity index (χ1n) is 6.30. The van der Waals surface area contributed by atoms with Crippen molar-refractivity contribution in [2.24, 2.45) is 0 Å². The first-order valence-corrected chi connectivity index (χ1v) is 6.68. The van der Waals surface area contributed by atoms with Crippen LogP contribution in [0.1, 0.15) is 25.5 Å². The van der Waals surface area contributed by atoms with Crippen molar-refractivity contribution in [1.29, 1.82) is 0 Å². The summed E-state index contributed by atoms with van der Waals surface area (Å²) in [6.45, 7) is 6.06. The second kappa shape index (κ2) is 8.48. The van der Waals surface area contributed by atoms with E-state index >= 15 is 0 Å². The largest absolute Gasteiger partial charge is 0.379 e. The molecule has 2 unspecified atom stereocenters. The predicted molar refractivity (Wildman–Crippen MR) is 75.2 cm³/mol. The molecule has 0 bridgehead atoms. The average molecular weight is 272 g/mol. The number of halogens is 1. The van der Waals surface area contributed by atoms with E-state index in [1.165, 1.54) is 0 Å². The SMILES string of the molecule is CCOCC(C)OC(CNC)c1cccc(Cl)c1. The van der Waals surface area contributed by atoms with E-state index in [4.69, 9.17) is 21.1 Å². The van der Waals surface area contributed by atoms with Gasteiger partial charge in [0.1, 0.15) is 0 Å². The molecule has 0 fully saturated rings. The lowest BCUT2D eigenvalue weighted by molar-refractivity contribution is -0.0464. The molecule has 0 saturated heterocycles. The standard InChI is InChI=1S/C14H22ClNO2/c1-4-17-10-11(2)18-14(9-16-3)12-6-5-7-13(15)8-12/h5-8,11,14,16H,4,9-10H2,1-3H3. The molecule has 102 valence electrons. The van der Waals surface area contributed by atoms with Crippen molar-refractivity contribution in [1.82, 2.24) is 5.32 Å². The maximum absolute atomic E-state index is 6.01. The third-order valence-electron chi connectivity index (χ3n) is 2.56. The molecule has 2 atom stereocenters. The Morgan fingerprint density at radius 1 is 1.39 bits per heavy atom. The van der Waals surface area contributed by atoms with E-state index in [0.717, 1.165) is 17.1 Å². The van der Waals surface area contributed by atoms with Crippen molar-refractivity contribution in [3.63, 3.8) is 0 Å². The number of ether oxygens (including phenoxy) is 2. The van der Waals surface area contributed by atoms with E-state index in [2.05, 4.69) is 5.32 Å². The summed E-state index contributed by atoms with van der Waals surface area (Å²) in [4.78, 5) is 0. The maximum Gasteiger partial charge on any atom is 0.0954 e. The van der Waals surface area contributed by atoms with Crippen LogP contribution < -0.4 is 5.32 Å². The smallest absolute Gasteiger partial charge is 0.0954 e. The van der Waals surface area contributed by atoms with Crippen LogP contribution >= 0.6 is 11.6 Å². The summed E-state index contributed by atoms with van der Waals surface area (Å²) in [7, 11) is 1.91. The summed E-state index contributed by atoms with van der Waals surface area (Å²) in [6.07, 6.45) is 0.0476. The number of hydrogen-bond acceptors (Lipinski definition) is 3. The first-order chi connectivity index (χ1) is 8.67. The van der Waals surface area contributed by atoms with E-state index in [1.54, 1.807) is 0 Å². The van der Waals surface area contributed by atoms with E-state index in [-0.39, 0.29) is 12.2 Å². The molecule has 0 aliphatic rings. The fraction of sp³-hybridized carbons (Fsp3) is 0.571. The summed E-state index contributed by atoms with van der Waals surface area (Å²) >= 11 is 6.01. The number of nitrogens with one attached hydrogen (secondary N) is 1. The lowest BCUT2D eigenvalue weighted by Crippen LogP contribution is -2.26. The zero-order valence-corrected chi connectivity index (χ0v) is 12.0. The van der Waals surface area contributed by atoms with Crippen LogP contribution in [0.25, 0.3) is 0 Å². The molecule has 1 rings (SSSR count). The zero-order valence-electron chi connectivity index (χ0n) is 11.3. The van der Waals surface area contributed by atoms with E-state index in [0.29, 0.717) is 13.2 Å². The lowest BCUT2D eigenvalue weighted by Gasteiger charge is -2.23. The molecule has 0 aromatic heterocycles. The Hall–Kier alpha value is -0.610. The summed E-state index contributed by atoms with van der Waals surface area (Å²) in [5.74, 6) is 0. The lowest BCUT2D eigenvalue weighted by atomic mass is 10.1. The Labute approximate surface area is 114 Å². The number of benzene rings is 1. The fourth-order valence-electron chi connectivity index (χ4n) is 1.74. The van der Waals surface area contributed by atoms with Crippen LogP contribution in [-0.4, -0.2) is 32.9 Å². The molecule has 18 heavy (non-hydrogen) atoms. The predicted octanol–water partition coefficient (Wildman–Crippen LogP) is 3.04. The van der Waals surface area contributed by atoms with Gasteiger partial charge < -0.3 is 14.8 Å². The molecule has 0 spiro atoms. The highest BCUT2D eigenvalue weighted by atomic mass is 35.5. The van der Waals surface area contributed by atoms with Crippen LogP contribution in [0.15, 0.2) is 24.3 Å². The monoisotopic (exact) mass is 271 g/mol. The van der Waals surface area contributed by atoms with Gasteiger partial charge in [0.2, 0.25) is 0 Å². The van der Waals surface area contributed by atoms with Gasteiger partial charge in [0.05, 0.1) is 18.8 Å². The molecule has 1 aromatic rings. The number of likely N-dealkylation sites (N-methyl/N-ethyl adjacent to an activating group) is 1. The van der Waals surface area contributed by atoms with Crippen LogP contribution in [0.5, 0.6) is 0 Å². The molecule has 1 aromatic carbocycles. The first kappa shape index (κ1) is 15.4. The highest BCUT2D eigenvalue weighted by molar-refractivity contribution is 6.30. The van der Waals surface area contributed by atoms with Crippen LogP contribution in [0.2, 0.25) is 5.02 Å². The second-order valence-electron chi connectivity index (χ2n) is 4.21. The van der Waals surface area contributed by atoms with Gasteiger partial charge in [-0.3, -0.25) is 0 Å². The number of hydrogen-bond donors (Lipinski definition) is 1. The van der Waals surface area contributed by atoms with Gasteiger partial charge in [0.25, 0.3) is 0 Å². The normalized spacial score (nSPS) is 14.4. The minimum absolute atomic E-state index is 0.0100. The average Bonchev–Trinajstić information content (AvgIpc) is 2.36.